The topological polar surface area (TPSA) is 108 Å². The number of carboxylic acids is 1. The normalized spacial score (nSPS) is 23.2. The molecule has 3 rings (SSSR count). The molecule has 1 saturated carbocycles. The van der Waals surface area contributed by atoms with Crippen LogP contribution >= 0.6 is 11.3 Å². The first-order chi connectivity index (χ1) is 10.00. The molecule has 1 saturated heterocycles. The van der Waals surface area contributed by atoms with E-state index in [1.807, 2.05) is 0 Å². The van der Waals surface area contributed by atoms with Gasteiger partial charge < -0.3 is 15.7 Å². The van der Waals surface area contributed by atoms with Crippen molar-refractivity contribution in [2.45, 2.75) is 25.7 Å². The quantitative estimate of drug-likeness (QED) is 0.774. The Bertz CT molecular complexity index is 608. The number of carbonyl (C=O) groups is 3. The van der Waals surface area contributed by atoms with Gasteiger partial charge in [0.15, 0.2) is 5.13 Å². The Morgan fingerprint density at radius 1 is 1.48 bits per heavy atom. The number of thiazole rings is 1. The summed E-state index contributed by atoms with van der Waals surface area (Å²) in [4.78, 5) is 38.8. The molecule has 2 amide bonds. The maximum Gasteiger partial charge on any atom is 0.347 e. The third-order valence-corrected chi connectivity index (χ3v) is 5.27. The standard InChI is InChI=1S/C13H15N3O4S/c17-9-4-13(2-1-3-13)7(5-14-9)10(18)16-12-15-6-8(21-12)11(19)20/h6-7H,1-5H2,(H,14,17)(H,19,20)(H,15,16,18). The number of nitrogens with zero attached hydrogens (tertiary/aromatic N) is 1. The van der Waals surface area contributed by atoms with Gasteiger partial charge in [-0.05, 0) is 18.3 Å². The van der Waals surface area contributed by atoms with Crippen LogP contribution in [0.25, 0.3) is 0 Å². The third kappa shape index (κ3) is 2.51. The smallest absolute Gasteiger partial charge is 0.347 e. The van der Waals surface area contributed by atoms with E-state index < -0.39 is 5.97 Å². The van der Waals surface area contributed by atoms with Crippen molar-refractivity contribution in [1.29, 1.82) is 0 Å². The molecule has 1 atom stereocenters. The molecule has 7 nitrogen and oxygen atoms in total. The highest BCUT2D eigenvalue weighted by Crippen LogP contribution is 2.51. The van der Waals surface area contributed by atoms with E-state index in [2.05, 4.69) is 15.6 Å². The number of hydrogen-bond acceptors (Lipinski definition) is 5. The zero-order valence-electron chi connectivity index (χ0n) is 11.2. The first-order valence-corrected chi connectivity index (χ1v) is 7.58. The van der Waals surface area contributed by atoms with Crippen molar-refractivity contribution in [3.8, 4) is 0 Å². The monoisotopic (exact) mass is 309 g/mol. The molecule has 2 heterocycles. The van der Waals surface area contributed by atoms with Crippen LogP contribution in [0, 0.1) is 11.3 Å². The SMILES string of the molecule is O=C1CC2(CCC2)C(C(=O)Nc2ncc(C(=O)O)s2)CN1. The Morgan fingerprint density at radius 3 is 2.81 bits per heavy atom. The average Bonchev–Trinajstić information content (AvgIpc) is 2.85. The zero-order chi connectivity index (χ0) is 15.0. The Hall–Kier alpha value is -1.96. The number of piperidine rings is 1. The Labute approximate surface area is 124 Å². The predicted octanol–water partition coefficient (Wildman–Crippen LogP) is 1.09. The molecule has 1 aromatic rings. The first-order valence-electron chi connectivity index (χ1n) is 6.77. The van der Waals surface area contributed by atoms with Gasteiger partial charge in [0, 0.05) is 13.0 Å². The van der Waals surface area contributed by atoms with Gasteiger partial charge in [-0.25, -0.2) is 9.78 Å². The second-order valence-corrected chi connectivity index (χ2v) is 6.60. The number of amides is 2. The fourth-order valence-corrected chi connectivity index (χ4v) is 3.75. The molecule has 3 N–H and O–H groups in total. The molecule has 0 aromatic carbocycles. The van der Waals surface area contributed by atoms with Crippen molar-refractivity contribution in [3.63, 3.8) is 0 Å². The van der Waals surface area contributed by atoms with E-state index in [1.165, 1.54) is 6.20 Å². The van der Waals surface area contributed by atoms with Gasteiger partial charge in [-0.15, -0.1) is 0 Å². The summed E-state index contributed by atoms with van der Waals surface area (Å²) < 4.78 is 0. The molecule has 112 valence electrons. The molecular weight excluding hydrogens is 294 g/mol. The van der Waals surface area contributed by atoms with Crippen molar-refractivity contribution < 1.29 is 19.5 Å². The van der Waals surface area contributed by atoms with Crippen molar-refractivity contribution in [1.82, 2.24) is 10.3 Å². The number of aromatic carboxylic acids is 1. The molecule has 21 heavy (non-hydrogen) atoms. The predicted molar refractivity (Wildman–Crippen MR) is 75.1 cm³/mol. The summed E-state index contributed by atoms with van der Waals surface area (Å²) in [5.74, 6) is -1.53. The van der Waals surface area contributed by atoms with Gasteiger partial charge in [0.2, 0.25) is 11.8 Å². The number of carbonyl (C=O) groups excluding carboxylic acids is 2. The van der Waals surface area contributed by atoms with Crippen LogP contribution in [-0.2, 0) is 9.59 Å². The molecule has 1 aliphatic heterocycles. The molecule has 0 radical (unpaired) electrons. The molecule has 1 aliphatic carbocycles. The van der Waals surface area contributed by atoms with E-state index >= 15 is 0 Å². The van der Waals surface area contributed by atoms with Crippen LogP contribution in [0.1, 0.15) is 35.4 Å². The van der Waals surface area contributed by atoms with Gasteiger partial charge in [0.25, 0.3) is 0 Å². The molecule has 2 fully saturated rings. The third-order valence-electron chi connectivity index (χ3n) is 4.37. The van der Waals surface area contributed by atoms with Crippen molar-refractivity contribution in [3.05, 3.63) is 11.1 Å². The van der Waals surface area contributed by atoms with Gasteiger partial charge in [-0.1, -0.05) is 17.8 Å². The number of rotatable bonds is 3. The lowest BCUT2D eigenvalue weighted by Crippen LogP contribution is -2.55. The van der Waals surface area contributed by atoms with E-state index in [-0.39, 0.29) is 33.2 Å². The molecule has 8 heteroatoms. The molecule has 1 spiro atoms. The summed E-state index contributed by atoms with van der Waals surface area (Å²) in [5, 5.41) is 14.5. The molecule has 1 aromatic heterocycles. The summed E-state index contributed by atoms with van der Waals surface area (Å²) in [6.45, 7) is 0.335. The van der Waals surface area contributed by atoms with Gasteiger partial charge in [0.1, 0.15) is 4.88 Å². The van der Waals surface area contributed by atoms with Crippen LogP contribution in [0.4, 0.5) is 5.13 Å². The summed E-state index contributed by atoms with van der Waals surface area (Å²) in [5.41, 5.74) is -0.223. The van der Waals surface area contributed by atoms with Crippen LogP contribution in [-0.4, -0.2) is 34.4 Å². The zero-order valence-corrected chi connectivity index (χ0v) is 12.0. The number of nitrogens with one attached hydrogen (secondary N) is 2. The van der Waals surface area contributed by atoms with Crippen LogP contribution in [0.3, 0.4) is 0 Å². The summed E-state index contributed by atoms with van der Waals surface area (Å²) in [7, 11) is 0. The highest BCUT2D eigenvalue weighted by atomic mass is 32.1. The minimum absolute atomic E-state index is 0.00108. The van der Waals surface area contributed by atoms with Gasteiger partial charge in [-0.3, -0.25) is 9.59 Å². The van der Waals surface area contributed by atoms with Crippen molar-refractivity contribution >= 4 is 34.3 Å². The summed E-state index contributed by atoms with van der Waals surface area (Å²) >= 11 is 0.930. The number of hydrogen-bond donors (Lipinski definition) is 3. The maximum atomic E-state index is 12.4. The summed E-state index contributed by atoms with van der Waals surface area (Å²) in [6.07, 6.45) is 4.43. The Balaban J connectivity index is 1.72. The second-order valence-electron chi connectivity index (χ2n) is 5.57. The molecule has 2 aliphatic rings. The molecule has 0 bridgehead atoms. The Kier molecular flexibility index (Phi) is 3.40. The van der Waals surface area contributed by atoms with E-state index in [4.69, 9.17) is 5.11 Å². The fourth-order valence-electron chi connectivity index (χ4n) is 3.09. The Morgan fingerprint density at radius 2 is 2.24 bits per heavy atom. The lowest BCUT2D eigenvalue weighted by atomic mass is 9.57. The van der Waals surface area contributed by atoms with Crippen molar-refractivity contribution in [2.24, 2.45) is 11.3 Å². The summed E-state index contributed by atoms with van der Waals surface area (Å²) in [6, 6.07) is 0. The van der Waals surface area contributed by atoms with E-state index in [9.17, 15) is 14.4 Å². The van der Waals surface area contributed by atoms with Crippen molar-refractivity contribution in [2.75, 3.05) is 11.9 Å². The van der Waals surface area contributed by atoms with Crippen LogP contribution in [0.2, 0.25) is 0 Å². The second kappa shape index (κ2) is 5.10. The van der Waals surface area contributed by atoms with Gasteiger partial charge in [0.05, 0.1) is 12.1 Å². The highest BCUT2D eigenvalue weighted by molar-refractivity contribution is 7.17. The number of anilines is 1. The minimum Gasteiger partial charge on any atom is -0.477 e. The lowest BCUT2D eigenvalue weighted by Gasteiger charge is -2.49. The van der Waals surface area contributed by atoms with Gasteiger partial charge >= 0.3 is 5.97 Å². The lowest BCUT2D eigenvalue weighted by molar-refractivity contribution is -0.138. The average molecular weight is 309 g/mol. The van der Waals surface area contributed by atoms with Crippen LogP contribution in [0.5, 0.6) is 0 Å². The van der Waals surface area contributed by atoms with Crippen LogP contribution < -0.4 is 10.6 Å². The van der Waals surface area contributed by atoms with Crippen LogP contribution in [0.15, 0.2) is 6.20 Å². The largest absolute Gasteiger partial charge is 0.477 e. The highest BCUT2D eigenvalue weighted by Gasteiger charge is 2.51. The maximum absolute atomic E-state index is 12.4. The number of carboxylic acid groups (broad SMARTS) is 1. The molecule has 1 unspecified atom stereocenters. The van der Waals surface area contributed by atoms with E-state index in [0.717, 1.165) is 30.6 Å². The van der Waals surface area contributed by atoms with E-state index in [1.54, 1.807) is 0 Å². The number of aromatic nitrogens is 1. The minimum atomic E-state index is -1.06. The van der Waals surface area contributed by atoms with E-state index in [0.29, 0.717) is 13.0 Å². The van der Waals surface area contributed by atoms with Gasteiger partial charge in [-0.2, -0.15) is 0 Å². The molecular formula is C13H15N3O4S. The first kappa shape index (κ1) is 14.0. The fraction of sp³-hybridized carbons (Fsp3) is 0.538.